The summed E-state index contributed by atoms with van der Waals surface area (Å²) in [5, 5.41) is 7.42. The molecule has 42 valence electrons. The van der Waals surface area contributed by atoms with E-state index in [0.29, 0.717) is 0 Å². The van der Waals surface area contributed by atoms with Crippen molar-refractivity contribution >= 4 is 83.3 Å². The quantitative estimate of drug-likeness (QED) is 0.451. The van der Waals surface area contributed by atoms with Crippen molar-refractivity contribution in [1.82, 2.24) is 0 Å². The molecule has 0 saturated carbocycles. The Morgan fingerprint density at radius 3 is 1.75 bits per heavy atom. The van der Waals surface area contributed by atoms with Crippen molar-refractivity contribution in [2.75, 3.05) is 0 Å². The van der Waals surface area contributed by atoms with Crippen molar-refractivity contribution in [2.24, 2.45) is 4.72 Å². The maximum absolute atomic E-state index is 9.00. The molecule has 0 atom stereocenters. The molecule has 0 amide bonds. The summed E-state index contributed by atoms with van der Waals surface area (Å²) in [5.41, 5.74) is 0. The van der Waals surface area contributed by atoms with Gasteiger partial charge in [0.25, 0.3) is 5.97 Å². The third-order valence-electron chi connectivity index (χ3n) is 0. The first-order valence-corrected chi connectivity index (χ1v) is 1.93. The number of carbonyl (C=O) groups is 1. The Hall–Kier alpha value is 1.99. The van der Waals surface area contributed by atoms with Crippen LogP contribution in [-0.2, 0) is 4.79 Å². The Labute approximate surface area is 109 Å². The average Bonchev–Trinajstić information content (AvgIpc) is 1.41. The van der Waals surface area contributed by atoms with E-state index in [-0.39, 0.29) is 66.5 Å². The Balaban J connectivity index is -0.00000000317. The normalized spacial score (nSPS) is 3.75. The molecule has 0 bridgehead atoms. The molecule has 3 nitrogen and oxygen atoms in total. The van der Waals surface area contributed by atoms with Crippen molar-refractivity contribution in [3.8, 4) is 0 Å². The van der Waals surface area contributed by atoms with Crippen LogP contribution in [0.25, 0.3) is 0 Å². The fraction of sp³-hybridized carbons (Fsp3) is 0.500. The summed E-state index contributed by atoms with van der Waals surface area (Å²) in [7, 11) is 0. The Kier molecular flexibility index (Phi) is 64.8. The van der Waals surface area contributed by atoms with E-state index in [4.69, 9.17) is 9.90 Å². The minimum atomic E-state index is -0.833. The number of rotatable bonds is 0. The second kappa shape index (κ2) is 23.1. The molecule has 0 rings (SSSR count). The Morgan fingerprint density at radius 2 is 1.75 bits per heavy atom. The van der Waals surface area contributed by atoms with Crippen LogP contribution in [0.15, 0.2) is 0 Å². The summed E-state index contributed by atoms with van der Waals surface area (Å²) < 4.78 is 4.42. The van der Waals surface area contributed by atoms with Gasteiger partial charge in [-0.25, -0.2) is 0 Å². The molecular formula is C2H10AlCaMgNO2. The minimum Gasteiger partial charge on any atom is -1.00 e. The molecule has 8 heavy (non-hydrogen) atoms. The van der Waals surface area contributed by atoms with E-state index in [2.05, 4.69) is 4.72 Å². The number of hydrogen-bond acceptors (Lipinski definition) is 2. The molecule has 0 aromatic rings. The van der Waals surface area contributed by atoms with Crippen LogP contribution in [0.2, 0.25) is 0 Å². The zero-order valence-electron chi connectivity index (χ0n) is 8.92. The Morgan fingerprint density at radius 1 is 1.75 bits per heavy atom. The average molecular weight is 171 g/mol. The van der Waals surface area contributed by atoms with Crippen molar-refractivity contribution in [3.63, 3.8) is 0 Å². The fourth-order valence-corrected chi connectivity index (χ4v) is 0. The van der Waals surface area contributed by atoms with Gasteiger partial charge in [-0.2, -0.15) is 0 Å². The van der Waals surface area contributed by atoms with Gasteiger partial charge >= 0.3 is 60.8 Å². The van der Waals surface area contributed by atoms with Gasteiger partial charge < -0.3 is 15.5 Å². The number of nitrogens with two attached hydrogens (primary N) is 1. The first kappa shape index (κ1) is 22.5. The van der Waals surface area contributed by atoms with Crippen LogP contribution >= 0.6 is 0 Å². The molecule has 0 aromatic carbocycles. The van der Waals surface area contributed by atoms with E-state index in [9.17, 15) is 0 Å². The molecule has 0 spiro atoms. The van der Waals surface area contributed by atoms with Gasteiger partial charge in [-0.1, -0.05) is 0 Å². The predicted octanol–water partition coefficient (Wildman–Crippen LogP) is -1.19. The summed E-state index contributed by atoms with van der Waals surface area (Å²) in [6.45, 7) is 1.08. The van der Waals surface area contributed by atoms with Gasteiger partial charge in [0.1, 0.15) is 0 Å². The first-order chi connectivity index (χ1) is 2.73. The van der Waals surface area contributed by atoms with Crippen LogP contribution in [-0.4, -0.2) is 88.4 Å². The number of carboxylic acid groups (broad SMARTS) is 1. The third-order valence-corrected chi connectivity index (χ3v) is 0. The van der Waals surface area contributed by atoms with Crippen LogP contribution < -0.4 is 4.72 Å². The molecule has 0 fully saturated rings. The first-order valence-electron chi connectivity index (χ1n) is 1.26. The smallest absolute Gasteiger partial charge is 1.00 e. The van der Waals surface area contributed by atoms with Gasteiger partial charge in [0, 0.05) is 6.92 Å². The van der Waals surface area contributed by atoms with E-state index in [1.807, 2.05) is 16.5 Å². The molecule has 0 heterocycles. The van der Waals surface area contributed by atoms with Crippen LogP contribution in [0, 0.1) is 0 Å². The van der Waals surface area contributed by atoms with Gasteiger partial charge in [-0.3, -0.25) is 4.79 Å². The summed E-state index contributed by atoms with van der Waals surface area (Å²) in [6, 6.07) is 0. The van der Waals surface area contributed by atoms with Gasteiger partial charge in [0.2, 0.25) is 16.5 Å². The molecular weight excluding hydrogens is 161 g/mol. The third kappa shape index (κ3) is 98.7. The molecule has 0 unspecified atom stereocenters. The fourth-order valence-electron chi connectivity index (χ4n) is 0. The maximum atomic E-state index is 9.00. The standard InChI is InChI=1S/C2H4O2.Al.Ca.Mg.H2N.4H/c1-2(3)4;;;;;;;;/h1H3,(H,3,4);;;;1H2;;;;/q;+1;2*+2;5*-1. The van der Waals surface area contributed by atoms with Gasteiger partial charge in [-0.15, -0.1) is 0 Å². The van der Waals surface area contributed by atoms with Crippen molar-refractivity contribution in [1.29, 1.82) is 0 Å². The molecule has 0 saturated heterocycles. The summed E-state index contributed by atoms with van der Waals surface area (Å²) >= 11 is 1.92. The van der Waals surface area contributed by atoms with Gasteiger partial charge in [-0.05, 0) is 0 Å². The number of aliphatic carboxylic acids is 1. The van der Waals surface area contributed by atoms with Crippen LogP contribution in [0.3, 0.4) is 0 Å². The maximum Gasteiger partial charge on any atom is 2.00 e. The van der Waals surface area contributed by atoms with E-state index in [1.165, 1.54) is 0 Å². The predicted molar refractivity (Wildman–Crippen MR) is 39.2 cm³/mol. The van der Waals surface area contributed by atoms with Crippen molar-refractivity contribution < 1.29 is 15.6 Å². The minimum absolute atomic E-state index is 0. The summed E-state index contributed by atoms with van der Waals surface area (Å²) in [4.78, 5) is 9.00. The molecule has 0 aliphatic carbocycles. The van der Waals surface area contributed by atoms with Crippen LogP contribution in [0.1, 0.15) is 12.6 Å². The molecule has 3 N–H and O–H groups in total. The second-order valence-electron chi connectivity index (χ2n) is 0.519. The topological polar surface area (TPSA) is 63.3 Å². The molecule has 6 heteroatoms. The number of hydrogen-bond donors (Lipinski definition) is 2. The zero-order chi connectivity index (χ0) is 5.58. The largest absolute Gasteiger partial charge is 2.00 e. The summed E-state index contributed by atoms with van der Waals surface area (Å²) in [6.07, 6.45) is 0. The Bertz CT molecular complexity index is 54.0. The van der Waals surface area contributed by atoms with E-state index in [1.54, 1.807) is 0 Å². The van der Waals surface area contributed by atoms with Crippen molar-refractivity contribution in [2.45, 2.75) is 6.92 Å². The summed E-state index contributed by atoms with van der Waals surface area (Å²) in [5.74, 6) is -0.833. The van der Waals surface area contributed by atoms with Gasteiger partial charge in [0.15, 0.2) is 0 Å². The zero-order valence-corrected chi connectivity index (χ0v) is 9.70. The van der Waals surface area contributed by atoms with Crippen LogP contribution in [0.4, 0.5) is 0 Å². The van der Waals surface area contributed by atoms with Crippen molar-refractivity contribution in [3.05, 3.63) is 0 Å². The second-order valence-corrected chi connectivity index (χ2v) is 0.519. The van der Waals surface area contributed by atoms with Gasteiger partial charge in [0.05, 0.1) is 0 Å². The molecule has 2 radical (unpaired) electrons. The molecule has 0 aliphatic heterocycles. The van der Waals surface area contributed by atoms with E-state index in [0.717, 1.165) is 6.92 Å². The van der Waals surface area contributed by atoms with Crippen LogP contribution in [0.5, 0.6) is 0 Å². The van der Waals surface area contributed by atoms with E-state index < -0.39 is 5.97 Å². The molecule has 0 aliphatic rings. The monoisotopic (exact) mass is 171 g/mol. The van der Waals surface area contributed by atoms with E-state index >= 15 is 0 Å². The molecule has 0 aromatic heterocycles. The SMILES string of the molecule is CC(=O)O.[Ca+2].[H-].[H-].[H-].[H-].[Mg+2].[NH2][Al]. The number of carboxylic acids is 1.